The number of anilines is 1. The summed E-state index contributed by atoms with van der Waals surface area (Å²) in [6.45, 7) is 0. The number of hydrogen-bond acceptors (Lipinski definition) is 4. The Labute approximate surface area is 153 Å². The van der Waals surface area contributed by atoms with Crippen LogP contribution in [-0.2, 0) is 5.54 Å². The summed E-state index contributed by atoms with van der Waals surface area (Å²) >= 11 is 5.56. The van der Waals surface area contributed by atoms with Crippen LogP contribution in [0.3, 0.4) is 0 Å². The van der Waals surface area contributed by atoms with E-state index in [0.29, 0.717) is 16.6 Å². The monoisotopic (exact) mass is 357 g/mol. The second-order valence-corrected chi connectivity index (χ2v) is 6.56. The lowest BCUT2D eigenvalue weighted by Gasteiger charge is -2.31. The van der Waals surface area contributed by atoms with Crippen LogP contribution in [-0.4, -0.2) is 24.3 Å². The maximum absolute atomic E-state index is 5.56. The maximum Gasteiger partial charge on any atom is 0.171 e. The number of nitrogens with zero attached hydrogens (tertiary/aromatic N) is 1. The molecular weight excluding hydrogens is 334 g/mol. The van der Waals surface area contributed by atoms with Crippen LogP contribution in [0.4, 0.5) is 5.69 Å². The third-order valence-corrected chi connectivity index (χ3v) is 4.81. The van der Waals surface area contributed by atoms with Crippen molar-refractivity contribution in [3.8, 4) is 11.5 Å². The van der Waals surface area contributed by atoms with E-state index < -0.39 is 0 Å². The number of hydrogen-bond donors (Lipinski definition) is 2. The van der Waals surface area contributed by atoms with Crippen LogP contribution < -0.4 is 20.1 Å². The van der Waals surface area contributed by atoms with Gasteiger partial charge in [0.2, 0.25) is 0 Å². The summed E-state index contributed by atoms with van der Waals surface area (Å²) in [6, 6.07) is 11.7. The molecule has 1 fully saturated rings. The predicted molar refractivity (Wildman–Crippen MR) is 103 cm³/mol. The number of methoxy groups -OCH3 is 2. The maximum atomic E-state index is 5.56. The molecule has 0 radical (unpaired) electrons. The second-order valence-electron chi connectivity index (χ2n) is 6.15. The van der Waals surface area contributed by atoms with E-state index in [1.807, 2.05) is 36.5 Å². The van der Waals surface area contributed by atoms with Crippen molar-refractivity contribution in [3.63, 3.8) is 0 Å². The molecule has 1 heterocycles. The Morgan fingerprint density at radius 3 is 2.48 bits per heavy atom. The Bertz CT molecular complexity index is 731. The van der Waals surface area contributed by atoms with Crippen molar-refractivity contribution in [2.45, 2.75) is 31.2 Å². The highest BCUT2D eigenvalue weighted by atomic mass is 32.1. The summed E-state index contributed by atoms with van der Waals surface area (Å²) < 4.78 is 10.6. The van der Waals surface area contributed by atoms with Crippen molar-refractivity contribution in [1.29, 1.82) is 0 Å². The molecule has 0 unspecified atom stereocenters. The van der Waals surface area contributed by atoms with E-state index in [1.54, 1.807) is 14.2 Å². The van der Waals surface area contributed by atoms with E-state index in [-0.39, 0.29) is 5.54 Å². The summed E-state index contributed by atoms with van der Waals surface area (Å²) in [5.41, 5.74) is 1.70. The third kappa shape index (κ3) is 3.85. The zero-order chi connectivity index (χ0) is 17.7. The molecule has 5 nitrogen and oxygen atoms in total. The topological polar surface area (TPSA) is 55.4 Å². The summed E-state index contributed by atoms with van der Waals surface area (Å²) in [4.78, 5) is 4.56. The van der Waals surface area contributed by atoms with Gasteiger partial charge < -0.3 is 20.1 Å². The lowest BCUT2D eigenvalue weighted by atomic mass is 9.93. The molecule has 2 aromatic rings. The van der Waals surface area contributed by atoms with Crippen molar-refractivity contribution in [2.24, 2.45) is 0 Å². The second kappa shape index (κ2) is 7.70. The Morgan fingerprint density at radius 1 is 1.08 bits per heavy atom. The number of aromatic nitrogens is 1. The Morgan fingerprint density at radius 2 is 1.84 bits per heavy atom. The lowest BCUT2D eigenvalue weighted by Crippen LogP contribution is -2.46. The minimum absolute atomic E-state index is 0.193. The standard InChI is InChI=1S/C19H23N3O2S/c1-23-15-9-8-14(13-16(15)24-2)21-18(25)22-19(10-4-5-11-19)17-7-3-6-12-20-17/h3,6-9,12-13H,4-5,10-11H2,1-2H3,(H2,21,22,25). The zero-order valence-corrected chi connectivity index (χ0v) is 15.4. The van der Waals surface area contributed by atoms with Crippen LogP contribution in [0, 0.1) is 0 Å². The van der Waals surface area contributed by atoms with Gasteiger partial charge in [-0.3, -0.25) is 4.98 Å². The first-order chi connectivity index (χ1) is 12.2. The molecular formula is C19H23N3O2S. The van der Waals surface area contributed by atoms with Gasteiger partial charge >= 0.3 is 0 Å². The molecule has 1 aliphatic carbocycles. The first-order valence-electron chi connectivity index (χ1n) is 8.39. The molecule has 1 saturated carbocycles. The Hall–Kier alpha value is -2.34. The smallest absolute Gasteiger partial charge is 0.171 e. The molecule has 2 N–H and O–H groups in total. The lowest BCUT2D eigenvalue weighted by molar-refractivity contribution is 0.355. The highest BCUT2D eigenvalue weighted by molar-refractivity contribution is 7.80. The quantitative estimate of drug-likeness (QED) is 0.793. The number of ether oxygens (including phenoxy) is 2. The number of benzene rings is 1. The van der Waals surface area contributed by atoms with Gasteiger partial charge in [0.25, 0.3) is 0 Å². The molecule has 25 heavy (non-hydrogen) atoms. The molecule has 0 spiro atoms. The van der Waals surface area contributed by atoms with Gasteiger partial charge in [-0.15, -0.1) is 0 Å². The summed E-state index contributed by atoms with van der Waals surface area (Å²) in [5, 5.41) is 7.34. The van der Waals surface area contributed by atoms with E-state index in [4.69, 9.17) is 21.7 Å². The van der Waals surface area contributed by atoms with E-state index >= 15 is 0 Å². The molecule has 132 valence electrons. The number of thiocarbonyl (C=S) groups is 1. The van der Waals surface area contributed by atoms with Gasteiger partial charge in [0.1, 0.15) is 0 Å². The average molecular weight is 357 g/mol. The van der Waals surface area contributed by atoms with E-state index in [0.717, 1.165) is 24.2 Å². The highest BCUT2D eigenvalue weighted by Gasteiger charge is 2.37. The Balaban J connectivity index is 1.75. The van der Waals surface area contributed by atoms with Crippen LogP contribution >= 0.6 is 12.2 Å². The van der Waals surface area contributed by atoms with Crippen molar-refractivity contribution in [1.82, 2.24) is 10.3 Å². The molecule has 1 aromatic heterocycles. The fourth-order valence-corrected chi connectivity index (χ4v) is 3.68. The molecule has 3 rings (SSSR count). The minimum Gasteiger partial charge on any atom is -0.493 e. The van der Waals surface area contributed by atoms with Crippen LogP contribution in [0.1, 0.15) is 31.4 Å². The third-order valence-electron chi connectivity index (χ3n) is 4.61. The largest absolute Gasteiger partial charge is 0.493 e. The molecule has 0 amide bonds. The van der Waals surface area contributed by atoms with Crippen molar-refractivity contribution in [3.05, 3.63) is 48.3 Å². The van der Waals surface area contributed by atoms with Crippen molar-refractivity contribution in [2.75, 3.05) is 19.5 Å². The van der Waals surface area contributed by atoms with Gasteiger partial charge in [-0.25, -0.2) is 0 Å². The van der Waals surface area contributed by atoms with Gasteiger partial charge in [-0.05, 0) is 49.3 Å². The molecule has 1 aliphatic rings. The van der Waals surface area contributed by atoms with Gasteiger partial charge in [0.15, 0.2) is 16.6 Å². The highest BCUT2D eigenvalue weighted by Crippen LogP contribution is 2.38. The van der Waals surface area contributed by atoms with Gasteiger partial charge in [0.05, 0.1) is 25.5 Å². The minimum atomic E-state index is -0.193. The zero-order valence-electron chi connectivity index (χ0n) is 14.5. The van der Waals surface area contributed by atoms with Gasteiger partial charge in [0, 0.05) is 18.0 Å². The van der Waals surface area contributed by atoms with Gasteiger partial charge in [-0.1, -0.05) is 18.9 Å². The van der Waals surface area contributed by atoms with Gasteiger partial charge in [-0.2, -0.15) is 0 Å². The first-order valence-corrected chi connectivity index (χ1v) is 8.80. The van der Waals surface area contributed by atoms with Crippen molar-refractivity contribution < 1.29 is 9.47 Å². The summed E-state index contributed by atoms with van der Waals surface area (Å²) in [5.74, 6) is 1.35. The Kier molecular flexibility index (Phi) is 5.38. The fourth-order valence-electron chi connectivity index (χ4n) is 3.36. The molecule has 0 aliphatic heterocycles. The van der Waals surface area contributed by atoms with E-state index in [1.165, 1.54) is 12.8 Å². The SMILES string of the molecule is COc1ccc(NC(=S)NC2(c3ccccn3)CCCC2)cc1OC. The predicted octanol–water partition coefficient (Wildman–Crippen LogP) is 3.85. The molecule has 0 saturated heterocycles. The van der Waals surface area contributed by atoms with Crippen LogP contribution in [0.5, 0.6) is 11.5 Å². The average Bonchev–Trinajstić information content (AvgIpc) is 3.11. The molecule has 0 bridgehead atoms. The molecule has 1 aromatic carbocycles. The first kappa shape index (κ1) is 17.5. The fraction of sp³-hybridized carbons (Fsp3) is 0.368. The normalized spacial score (nSPS) is 15.4. The number of rotatable bonds is 5. The molecule has 6 heteroatoms. The van der Waals surface area contributed by atoms with Crippen LogP contribution in [0.15, 0.2) is 42.6 Å². The number of nitrogens with one attached hydrogen (secondary N) is 2. The van der Waals surface area contributed by atoms with Crippen LogP contribution in [0.2, 0.25) is 0 Å². The molecule has 0 atom stereocenters. The van der Waals surface area contributed by atoms with E-state index in [2.05, 4.69) is 21.7 Å². The summed E-state index contributed by atoms with van der Waals surface area (Å²) in [7, 11) is 3.24. The van der Waals surface area contributed by atoms with E-state index in [9.17, 15) is 0 Å². The number of pyridine rings is 1. The summed E-state index contributed by atoms with van der Waals surface area (Å²) in [6.07, 6.45) is 6.22. The van der Waals surface area contributed by atoms with Crippen LogP contribution in [0.25, 0.3) is 0 Å². The van der Waals surface area contributed by atoms with Crippen molar-refractivity contribution >= 4 is 23.0 Å².